The molecule has 0 radical (unpaired) electrons. The fourth-order valence-electron chi connectivity index (χ4n) is 2.60. The van der Waals surface area contributed by atoms with Gasteiger partial charge in [-0.3, -0.25) is 0 Å². The number of nitrogens with two attached hydrogens (primary N) is 1. The monoisotopic (exact) mass is 274 g/mol. The van der Waals surface area contributed by atoms with Crippen LogP contribution in [-0.4, -0.2) is 23.8 Å². The Morgan fingerprint density at radius 1 is 1.25 bits per heavy atom. The van der Waals surface area contributed by atoms with Crippen LogP contribution < -0.4 is 5.73 Å². The summed E-state index contributed by atoms with van der Waals surface area (Å²) < 4.78 is 7.76. The molecular formula is C17H26N2O. The smallest absolute Gasteiger partial charge is 0.0513 e. The summed E-state index contributed by atoms with van der Waals surface area (Å²) in [6, 6.07) is 8.95. The van der Waals surface area contributed by atoms with E-state index in [4.69, 9.17) is 10.5 Å². The summed E-state index contributed by atoms with van der Waals surface area (Å²) in [5.74, 6) is 0. The summed E-state index contributed by atoms with van der Waals surface area (Å²) in [6.07, 6.45) is 5.19. The topological polar surface area (TPSA) is 40.2 Å². The van der Waals surface area contributed by atoms with Crippen LogP contribution in [0.5, 0.6) is 0 Å². The standard InChI is InChI=1S/C17H26N2O/c1-3-16(18)13-15-8-5-7-14-9-11-19(17(14)15)10-6-12-20-4-2/h5,7-9,11,16H,3-4,6,10,12-13,18H2,1-2H3. The minimum atomic E-state index is 0.243. The predicted octanol–water partition coefficient (Wildman–Crippen LogP) is 3.35. The second-order valence-corrected chi connectivity index (χ2v) is 5.29. The highest BCUT2D eigenvalue weighted by Crippen LogP contribution is 2.22. The van der Waals surface area contributed by atoms with Crippen molar-refractivity contribution in [3.63, 3.8) is 0 Å². The van der Waals surface area contributed by atoms with Crippen molar-refractivity contribution >= 4 is 10.9 Å². The number of aromatic nitrogens is 1. The molecule has 2 aromatic rings. The third-order valence-electron chi connectivity index (χ3n) is 3.77. The maximum atomic E-state index is 6.13. The zero-order valence-electron chi connectivity index (χ0n) is 12.6. The van der Waals surface area contributed by atoms with Crippen LogP contribution in [0.25, 0.3) is 10.9 Å². The van der Waals surface area contributed by atoms with E-state index in [0.717, 1.165) is 39.0 Å². The van der Waals surface area contributed by atoms with Gasteiger partial charge in [-0.25, -0.2) is 0 Å². The van der Waals surface area contributed by atoms with Gasteiger partial charge in [0.1, 0.15) is 0 Å². The Hall–Kier alpha value is -1.32. The number of nitrogens with zero attached hydrogens (tertiary/aromatic N) is 1. The first kappa shape index (κ1) is 15.1. The van der Waals surface area contributed by atoms with Crippen molar-refractivity contribution in [1.29, 1.82) is 0 Å². The molecule has 2 rings (SSSR count). The van der Waals surface area contributed by atoms with Crippen molar-refractivity contribution < 1.29 is 4.74 Å². The molecule has 0 bridgehead atoms. The number of fused-ring (bicyclic) bond motifs is 1. The molecule has 0 saturated carbocycles. The van der Waals surface area contributed by atoms with Crippen molar-refractivity contribution in [3.8, 4) is 0 Å². The van der Waals surface area contributed by atoms with Crippen molar-refractivity contribution in [2.45, 2.75) is 45.7 Å². The van der Waals surface area contributed by atoms with E-state index in [1.165, 1.54) is 16.5 Å². The molecule has 1 atom stereocenters. The highest BCUT2D eigenvalue weighted by Gasteiger charge is 2.09. The lowest BCUT2D eigenvalue weighted by Crippen LogP contribution is -2.21. The van der Waals surface area contributed by atoms with E-state index in [1.54, 1.807) is 0 Å². The minimum absolute atomic E-state index is 0.243. The lowest BCUT2D eigenvalue weighted by atomic mass is 10.0. The van der Waals surface area contributed by atoms with Gasteiger partial charge in [-0.15, -0.1) is 0 Å². The first-order valence-electron chi connectivity index (χ1n) is 7.66. The number of rotatable bonds is 8. The Balaban J connectivity index is 2.17. The molecule has 2 N–H and O–H groups in total. The Morgan fingerprint density at radius 2 is 2.10 bits per heavy atom. The summed E-state index contributed by atoms with van der Waals surface area (Å²) in [6.45, 7) is 6.80. The molecule has 3 heteroatoms. The lowest BCUT2D eigenvalue weighted by molar-refractivity contribution is 0.142. The normalized spacial score (nSPS) is 12.9. The molecular weight excluding hydrogens is 248 g/mol. The van der Waals surface area contributed by atoms with Gasteiger partial charge in [-0.1, -0.05) is 25.1 Å². The zero-order valence-corrected chi connectivity index (χ0v) is 12.6. The second-order valence-electron chi connectivity index (χ2n) is 5.29. The van der Waals surface area contributed by atoms with E-state index < -0.39 is 0 Å². The summed E-state index contributed by atoms with van der Waals surface area (Å²) >= 11 is 0. The van der Waals surface area contributed by atoms with Crippen molar-refractivity contribution in [3.05, 3.63) is 36.0 Å². The molecule has 1 unspecified atom stereocenters. The van der Waals surface area contributed by atoms with Gasteiger partial charge in [0, 0.05) is 32.0 Å². The molecule has 0 aliphatic heterocycles. The fourth-order valence-corrected chi connectivity index (χ4v) is 2.60. The number of benzene rings is 1. The first-order valence-corrected chi connectivity index (χ1v) is 7.66. The van der Waals surface area contributed by atoms with Crippen LogP contribution in [-0.2, 0) is 17.7 Å². The van der Waals surface area contributed by atoms with Gasteiger partial charge in [0.25, 0.3) is 0 Å². The summed E-state index contributed by atoms with van der Waals surface area (Å²) in [5.41, 5.74) is 8.83. The molecule has 1 heterocycles. The van der Waals surface area contributed by atoms with E-state index >= 15 is 0 Å². The van der Waals surface area contributed by atoms with Gasteiger partial charge in [0.05, 0.1) is 5.52 Å². The van der Waals surface area contributed by atoms with Gasteiger partial charge >= 0.3 is 0 Å². The van der Waals surface area contributed by atoms with Gasteiger partial charge in [-0.2, -0.15) is 0 Å². The predicted molar refractivity (Wildman–Crippen MR) is 85.0 cm³/mol. The summed E-state index contributed by atoms with van der Waals surface area (Å²) in [5, 5.41) is 1.31. The molecule has 0 aliphatic rings. The van der Waals surface area contributed by atoms with Crippen molar-refractivity contribution in [2.24, 2.45) is 5.73 Å². The number of para-hydroxylation sites is 1. The van der Waals surface area contributed by atoms with Crippen molar-refractivity contribution in [2.75, 3.05) is 13.2 Å². The van der Waals surface area contributed by atoms with E-state index in [1.807, 2.05) is 6.92 Å². The summed E-state index contributed by atoms with van der Waals surface area (Å²) in [7, 11) is 0. The Kier molecular flexibility index (Phi) is 5.62. The van der Waals surface area contributed by atoms with Gasteiger partial charge < -0.3 is 15.0 Å². The maximum Gasteiger partial charge on any atom is 0.0513 e. The van der Waals surface area contributed by atoms with Crippen LogP contribution in [0.2, 0.25) is 0 Å². The number of aryl methyl sites for hydroxylation is 1. The van der Waals surface area contributed by atoms with E-state index in [9.17, 15) is 0 Å². The molecule has 0 amide bonds. The molecule has 0 spiro atoms. The molecule has 0 fully saturated rings. The van der Waals surface area contributed by atoms with E-state index in [-0.39, 0.29) is 6.04 Å². The largest absolute Gasteiger partial charge is 0.382 e. The molecule has 1 aromatic carbocycles. The maximum absolute atomic E-state index is 6.13. The molecule has 0 saturated heterocycles. The van der Waals surface area contributed by atoms with Crippen LogP contribution >= 0.6 is 0 Å². The second kappa shape index (κ2) is 7.46. The van der Waals surface area contributed by atoms with Crippen LogP contribution in [0.1, 0.15) is 32.3 Å². The van der Waals surface area contributed by atoms with E-state index in [2.05, 4.69) is 42.0 Å². The van der Waals surface area contributed by atoms with Crippen LogP contribution in [0.4, 0.5) is 0 Å². The van der Waals surface area contributed by atoms with Crippen LogP contribution in [0.15, 0.2) is 30.5 Å². The molecule has 110 valence electrons. The number of ether oxygens (including phenoxy) is 1. The third kappa shape index (κ3) is 3.62. The van der Waals surface area contributed by atoms with Crippen molar-refractivity contribution in [1.82, 2.24) is 4.57 Å². The highest BCUT2D eigenvalue weighted by molar-refractivity contribution is 5.83. The molecule has 3 nitrogen and oxygen atoms in total. The Labute approximate surface area is 121 Å². The highest BCUT2D eigenvalue weighted by atomic mass is 16.5. The summed E-state index contributed by atoms with van der Waals surface area (Å²) in [4.78, 5) is 0. The van der Waals surface area contributed by atoms with Gasteiger partial charge in [-0.05, 0) is 43.2 Å². The molecule has 20 heavy (non-hydrogen) atoms. The number of hydrogen-bond acceptors (Lipinski definition) is 2. The quantitative estimate of drug-likeness (QED) is 0.750. The lowest BCUT2D eigenvalue weighted by Gasteiger charge is -2.13. The average molecular weight is 274 g/mol. The Bertz CT molecular complexity index is 533. The SMILES string of the molecule is CCOCCCn1ccc2cccc(CC(N)CC)c21. The minimum Gasteiger partial charge on any atom is -0.382 e. The molecule has 0 aliphatic carbocycles. The van der Waals surface area contributed by atoms with Crippen LogP contribution in [0, 0.1) is 0 Å². The Morgan fingerprint density at radius 3 is 2.85 bits per heavy atom. The zero-order chi connectivity index (χ0) is 14.4. The fraction of sp³-hybridized carbons (Fsp3) is 0.529. The van der Waals surface area contributed by atoms with Crippen LogP contribution in [0.3, 0.4) is 0 Å². The number of hydrogen-bond donors (Lipinski definition) is 1. The third-order valence-corrected chi connectivity index (χ3v) is 3.77. The first-order chi connectivity index (χ1) is 9.76. The van der Waals surface area contributed by atoms with E-state index in [0.29, 0.717) is 0 Å². The van der Waals surface area contributed by atoms with Gasteiger partial charge in [0.2, 0.25) is 0 Å². The molecule has 1 aromatic heterocycles. The average Bonchev–Trinajstić information content (AvgIpc) is 2.88. The van der Waals surface area contributed by atoms with Gasteiger partial charge in [0.15, 0.2) is 0 Å².